The average Bonchev–Trinajstić information content (AvgIpc) is 2.74. The Morgan fingerprint density at radius 2 is 1.62 bits per heavy atom. The molecule has 0 aromatic heterocycles. The molecular weight excluding hydrogens is 433 g/mol. The third kappa shape index (κ3) is 4.11. The van der Waals surface area contributed by atoms with Gasteiger partial charge in [-0.05, 0) is 60.4 Å². The minimum Gasteiger partial charge on any atom is -0.388 e. The van der Waals surface area contributed by atoms with E-state index in [9.17, 15) is 14.3 Å². The lowest BCUT2D eigenvalue weighted by Crippen LogP contribution is -2.55. The molecule has 3 atom stereocenters. The number of halogens is 2. The second kappa shape index (κ2) is 8.47. The molecule has 1 amide bonds. The van der Waals surface area contributed by atoms with E-state index in [1.807, 2.05) is 59.5 Å². The Bertz CT molecular complexity index is 976. The van der Waals surface area contributed by atoms with Crippen molar-refractivity contribution in [1.29, 1.82) is 0 Å². The monoisotopic (exact) mass is 453 g/mol. The van der Waals surface area contributed by atoms with Crippen molar-refractivity contribution in [3.05, 3.63) is 100 Å². The van der Waals surface area contributed by atoms with Crippen LogP contribution in [0.5, 0.6) is 0 Å². The van der Waals surface area contributed by atoms with Crippen LogP contribution >= 0.6 is 15.9 Å². The van der Waals surface area contributed by atoms with Gasteiger partial charge in [-0.1, -0.05) is 58.4 Å². The van der Waals surface area contributed by atoms with Gasteiger partial charge in [-0.25, -0.2) is 4.39 Å². The Morgan fingerprint density at radius 3 is 2.28 bits per heavy atom. The van der Waals surface area contributed by atoms with E-state index in [0.717, 1.165) is 15.7 Å². The summed E-state index contributed by atoms with van der Waals surface area (Å²) < 4.78 is 14.1. The third-order valence-corrected chi connectivity index (χ3v) is 5.99. The number of hydrogen-bond donors (Lipinski definition) is 1. The van der Waals surface area contributed by atoms with Gasteiger partial charge in [0, 0.05) is 10.2 Å². The summed E-state index contributed by atoms with van der Waals surface area (Å²) in [4.78, 5) is 14.8. The molecule has 1 saturated heterocycles. The van der Waals surface area contributed by atoms with Crippen LogP contribution in [0.3, 0.4) is 0 Å². The highest BCUT2D eigenvalue weighted by atomic mass is 79.9. The predicted molar refractivity (Wildman–Crippen MR) is 115 cm³/mol. The number of carbonyl (C=O) groups excluding carboxylic acids is 1. The normalized spacial score (nSPS) is 19.7. The van der Waals surface area contributed by atoms with Crippen molar-refractivity contribution in [2.75, 3.05) is 4.90 Å². The largest absolute Gasteiger partial charge is 0.388 e. The molecular formula is C24H21BrFNO2. The van der Waals surface area contributed by atoms with Crippen LogP contribution in [0.25, 0.3) is 0 Å². The summed E-state index contributed by atoms with van der Waals surface area (Å²) in [6, 6.07) is 23.5. The minimum atomic E-state index is -0.722. The number of amides is 1. The minimum absolute atomic E-state index is 0.0652. The molecule has 5 heteroatoms. The molecule has 0 bridgehead atoms. The van der Waals surface area contributed by atoms with E-state index >= 15 is 0 Å². The van der Waals surface area contributed by atoms with Crippen LogP contribution in [0.4, 0.5) is 10.1 Å². The summed E-state index contributed by atoms with van der Waals surface area (Å²) in [6.07, 6.45) is 0.277. The molecule has 148 valence electrons. The quantitative estimate of drug-likeness (QED) is 0.478. The fraction of sp³-hybridized carbons (Fsp3) is 0.208. The molecule has 4 rings (SSSR count). The number of rotatable bonds is 6. The molecule has 1 aliphatic rings. The van der Waals surface area contributed by atoms with Crippen LogP contribution in [0.1, 0.15) is 36.1 Å². The van der Waals surface area contributed by atoms with Crippen molar-refractivity contribution in [1.82, 2.24) is 0 Å². The molecule has 1 N–H and O–H groups in total. The molecule has 3 aromatic rings. The number of para-hydroxylation sites is 1. The second-order valence-electron chi connectivity index (χ2n) is 7.29. The number of aliphatic hydroxyl groups is 1. The lowest BCUT2D eigenvalue weighted by Gasteiger charge is -2.48. The summed E-state index contributed by atoms with van der Waals surface area (Å²) in [6.45, 7) is 0. The molecule has 2 unspecified atom stereocenters. The standard InChI is InChI=1S/C24H21BrFNO2/c25-18-10-6-17(7-11-18)23-21(24(29)27(23)20-4-2-1-3-5-20)14-15-22(28)16-8-12-19(26)13-9-16/h1-13,21-23,28H,14-15H2/t21?,22-,23?/m0/s1. The van der Waals surface area contributed by atoms with Gasteiger partial charge in [-0.3, -0.25) is 4.79 Å². The van der Waals surface area contributed by atoms with Crippen LogP contribution in [0.2, 0.25) is 0 Å². The smallest absolute Gasteiger partial charge is 0.233 e. The average molecular weight is 454 g/mol. The number of anilines is 1. The molecule has 0 radical (unpaired) electrons. The lowest BCUT2D eigenvalue weighted by molar-refractivity contribution is -0.131. The molecule has 1 heterocycles. The van der Waals surface area contributed by atoms with Crippen molar-refractivity contribution in [3.63, 3.8) is 0 Å². The zero-order valence-electron chi connectivity index (χ0n) is 15.7. The van der Waals surface area contributed by atoms with Gasteiger partial charge in [0.1, 0.15) is 5.82 Å². The van der Waals surface area contributed by atoms with Gasteiger partial charge in [0.2, 0.25) is 5.91 Å². The zero-order chi connectivity index (χ0) is 20.4. The Hall–Kier alpha value is -2.50. The summed E-state index contributed by atoms with van der Waals surface area (Å²) in [5, 5.41) is 10.5. The highest BCUT2D eigenvalue weighted by Gasteiger charge is 2.48. The van der Waals surface area contributed by atoms with Gasteiger partial charge >= 0.3 is 0 Å². The van der Waals surface area contributed by atoms with Gasteiger partial charge in [-0.15, -0.1) is 0 Å². The molecule has 3 nitrogen and oxygen atoms in total. The van der Waals surface area contributed by atoms with Gasteiger partial charge in [-0.2, -0.15) is 0 Å². The first-order chi connectivity index (χ1) is 14.0. The molecule has 1 fully saturated rings. The van der Waals surface area contributed by atoms with Gasteiger partial charge < -0.3 is 10.0 Å². The number of β-lactam (4-membered cyclic amide) rings is 1. The molecule has 0 spiro atoms. The van der Waals surface area contributed by atoms with Gasteiger partial charge in [0.05, 0.1) is 18.1 Å². The van der Waals surface area contributed by atoms with Crippen LogP contribution < -0.4 is 4.90 Å². The van der Waals surface area contributed by atoms with Crippen LogP contribution in [-0.4, -0.2) is 11.0 Å². The van der Waals surface area contributed by atoms with Crippen molar-refractivity contribution in [2.24, 2.45) is 5.92 Å². The van der Waals surface area contributed by atoms with Gasteiger partial charge in [0.15, 0.2) is 0 Å². The van der Waals surface area contributed by atoms with E-state index in [4.69, 9.17) is 0 Å². The first kappa shape index (κ1) is 19.8. The number of nitrogens with zero attached hydrogens (tertiary/aromatic N) is 1. The lowest BCUT2D eigenvalue weighted by atomic mass is 9.78. The first-order valence-electron chi connectivity index (χ1n) is 9.61. The summed E-state index contributed by atoms with van der Waals surface area (Å²) in [5.74, 6) is -0.467. The summed E-state index contributed by atoms with van der Waals surface area (Å²) >= 11 is 3.46. The van der Waals surface area contributed by atoms with E-state index in [1.165, 1.54) is 12.1 Å². The molecule has 3 aromatic carbocycles. The Morgan fingerprint density at radius 1 is 0.966 bits per heavy atom. The summed E-state index contributed by atoms with van der Waals surface area (Å²) in [5.41, 5.74) is 2.61. The maximum Gasteiger partial charge on any atom is 0.233 e. The van der Waals surface area contributed by atoms with E-state index in [0.29, 0.717) is 18.4 Å². The molecule has 29 heavy (non-hydrogen) atoms. The number of benzene rings is 3. The van der Waals surface area contributed by atoms with Crippen molar-refractivity contribution in [3.8, 4) is 0 Å². The SMILES string of the molecule is O=C1C(CC[C@H](O)c2ccc(F)cc2)C(c2ccc(Br)cc2)N1c1ccccc1. The second-order valence-corrected chi connectivity index (χ2v) is 8.21. The highest BCUT2D eigenvalue weighted by Crippen LogP contribution is 2.46. The van der Waals surface area contributed by atoms with E-state index in [-0.39, 0.29) is 23.7 Å². The number of aliphatic hydroxyl groups excluding tert-OH is 1. The van der Waals surface area contributed by atoms with Crippen LogP contribution in [0.15, 0.2) is 83.3 Å². The Labute approximate surface area is 177 Å². The molecule has 1 aliphatic heterocycles. The predicted octanol–water partition coefficient (Wildman–Crippen LogP) is 5.81. The molecule has 0 saturated carbocycles. The molecule has 0 aliphatic carbocycles. The maximum absolute atomic E-state index is 13.1. The van der Waals surface area contributed by atoms with Crippen LogP contribution in [0, 0.1) is 11.7 Å². The Kier molecular flexibility index (Phi) is 5.79. The fourth-order valence-electron chi connectivity index (χ4n) is 3.94. The van der Waals surface area contributed by atoms with E-state index in [1.54, 1.807) is 12.1 Å². The summed E-state index contributed by atoms with van der Waals surface area (Å²) in [7, 11) is 0. The maximum atomic E-state index is 13.1. The van der Waals surface area contributed by atoms with Gasteiger partial charge in [0.25, 0.3) is 0 Å². The number of hydrogen-bond acceptors (Lipinski definition) is 2. The van der Waals surface area contributed by atoms with Crippen molar-refractivity contribution in [2.45, 2.75) is 25.0 Å². The van der Waals surface area contributed by atoms with E-state index < -0.39 is 6.10 Å². The zero-order valence-corrected chi connectivity index (χ0v) is 17.3. The fourth-order valence-corrected chi connectivity index (χ4v) is 4.20. The Balaban J connectivity index is 1.54. The third-order valence-electron chi connectivity index (χ3n) is 5.47. The topological polar surface area (TPSA) is 40.5 Å². The van der Waals surface area contributed by atoms with Crippen molar-refractivity contribution < 1.29 is 14.3 Å². The van der Waals surface area contributed by atoms with Crippen LogP contribution in [-0.2, 0) is 4.79 Å². The first-order valence-corrected chi connectivity index (χ1v) is 10.4. The highest BCUT2D eigenvalue weighted by molar-refractivity contribution is 9.10. The van der Waals surface area contributed by atoms with Crippen molar-refractivity contribution >= 4 is 27.5 Å². The van der Waals surface area contributed by atoms with E-state index in [2.05, 4.69) is 15.9 Å². The number of carbonyl (C=O) groups is 1.